The first-order valence-corrected chi connectivity index (χ1v) is 10.7. The van der Waals surface area contributed by atoms with Gasteiger partial charge in [0.05, 0.1) is 21.8 Å². The van der Waals surface area contributed by atoms with Crippen molar-refractivity contribution in [1.29, 1.82) is 0 Å². The van der Waals surface area contributed by atoms with Gasteiger partial charge in [-0.15, -0.1) is 0 Å². The van der Waals surface area contributed by atoms with Gasteiger partial charge in [0, 0.05) is 19.6 Å². The molecular weight excluding hydrogens is 388 g/mol. The molecule has 1 fully saturated rings. The van der Waals surface area contributed by atoms with Crippen molar-refractivity contribution in [1.82, 2.24) is 19.6 Å². The highest BCUT2D eigenvalue weighted by atomic mass is 32.2. The number of aromatic nitrogens is 2. The summed E-state index contributed by atoms with van der Waals surface area (Å²) >= 11 is 1.46. The molecule has 0 spiro atoms. The van der Waals surface area contributed by atoms with Crippen molar-refractivity contribution < 1.29 is 14.3 Å². The minimum Gasteiger partial charge on any atom is -0.444 e. The van der Waals surface area contributed by atoms with Crippen LogP contribution in [0.4, 0.5) is 4.79 Å². The lowest BCUT2D eigenvalue weighted by atomic mass is 9.97. The van der Waals surface area contributed by atoms with E-state index >= 15 is 0 Å². The van der Waals surface area contributed by atoms with Crippen LogP contribution in [-0.2, 0) is 9.53 Å². The van der Waals surface area contributed by atoms with Crippen LogP contribution in [-0.4, -0.2) is 51.5 Å². The zero-order chi connectivity index (χ0) is 20.6. The second-order valence-electron chi connectivity index (χ2n) is 8.47. The average Bonchev–Trinajstić information content (AvgIpc) is 3.10. The van der Waals surface area contributed by atoms with E-state index in [1.807, 2.05) is 49.4 Å². The van der Waals surface area contributed by atoms with E-state index in [9.17, 15) is 9.59 Å². The number of ether oxygens (including phenoxy) is 1. The molecule has 2 aliphatic rings. The lowest BCUT2D eigenvalue weighted by Crippen LogP contribution is -2.43. The molecule has 0 atom stereocenters. The Morgan fingerprint density at radius 1 is 1.28 bits per heavy atom. The van der Waals surface area contributed by atoms with Crippen molar-refractivity contribution in [2.24, 2.45) is 5.92 Å². The summed E-state index contributed by atoms with van der Waals surface area (Å²) in [5.41, 5.74) is 1.33. The molecule has 4 heterocycles. The van der Waals surface area contributed by atoms with Crippen LogP contribution in [0.1, 0.15) is 39.3 Å². The van der Waals surface area contributed by atoms with E-state index in [2.05, 4.69) is 10.3 Å². The third-order valence-corrected chi connectivity index (χ3v) is 6.11. The van der Waals surface area contributed by atoms with Gasteiger partial charge in [-0.3, -0.25) is 9.20 Å². The number of hydrogen-bond acceptors (Lipinski definition) is 5. The number of hydrogen-bond donors (Lipinski definition) is 1. The number of carbonyl (C=O) groups is 2. The van der Waals surface area contributed by atoms with E-state index in [0.29, 0.717) is 30.5 Å². The van der Waals surface area contributed by atoms with Crippen LogP contribution in [0, 0.1) is 5.92 Å². The molecule has 2 aromatic rings. The summed E-state index contributed by atoms with van der Waals surface area (Å²) in [6.45, 7) is 7.56. The fraction of sp³-hybridized carbons (Fsp3) is 0.476. The van der Waals surface area contributed by atoms with Crippen molar-refractivity contribution in [2.45, 2.75) is 44.2 Å². The second kappa shape index (κ2) is 7.74. The topological polar surface area (TPSA) is 75.9 Å². The molecule has 0 saturated carbocycles. The van der Waals surface area contributed by atoms with Gasteiger partial charge in [0.1, 0.15) is 11.2 Å². The molecule has 8 heteroatoms. The molecule has 1 N–H and O–H groups in total. The van der Waals surface area contributed by atoms with E-state index in [1.54, 1.807) is 11.1 Å². The molecule has 2 amide bonds. The molecule has 29 heavy (non-hydrogen) atoms. The van der Waals surface area contributed by atoms with Crippen molar-refractivity contribution >= 4 is 35.5 Å². The molecule has 7 nitrogen and oxygen atoms in total. The number of imidazole rings is 1. The van der Waals surface area contributed by atoms with Crippen molar-refractivity contribution in [3.63, 3.8) is 0 Å². The number of nitrogens with one attached hydrogen (secondary N) is 1. The molecule has 0 aromatic carbocycles. The number of rotatable bonds is 3. The Balaban J connectivity index is 1.29. The molecule has 1 saturated heterocycles. The molecule has 154 valence electrons. The van der Waals surface area contributed by atoms with Gasteiger partial charge in [-0.2, -0.15) is 0 Å². The van der Waals surface area contributed by atoms with Crippen LogP contribution in [0.5, 0.6) is 0 Å². The number of thioether (sulfide) groups is 1. The summed E-state index contributed by atoms with van der Waals surface area (Å²) in [6, 6.07) is 5.90. The van der Waals surface area contributed by atoms with E-state index in [-0.39, 0.29) is 12.0 Å². The number of pyridine rings is 1. The lowest BCUT2D eigenvalue weighted by molar-refractivity contribution is -0.117. The van der Waals surface area contributed by atoms with Gasteiger partial charge in [0.25, 0.3) is 5.91 Å². The van der Waals surface area contributed by atoms with Gasteiger partial charge in [0.2, 0.25) is 0 Å². The maximum Gasteiger partial charge on any atom is 0.410 e. The van der Waals surface area contributed by atoms with Gasteiger partial charge in [-0.25, -0.2) is 9.78 Å². The van der Waals surface area contributed by atoms with Crippen molar-refractivity contribution in [2.75, 3.05) is 19.6 Å². The molecule has 0 aliphatic carbocycles. The minimum atomic E-state index is -0.479. The zero-order valence-corrected chi connectivity index (χ0v) is 17.8. The third kappa shape index (κ3) is 4.42. The van der Waals surface area contributed by atoms with Crippen molar-refractivity contribution in [3.05, 3.63) is 35.0 Å². The Morgan fingerprint density at radius 2 is 2.03 bits per heavy atom. The zero-order valence-electron chi connectivity index (χ0n) is 17.0. The standard InChI is InChI=1S/C21H26N4O3S/c1-21(2,3)28-20(27)24-9-7-14(8-10-24)12-23-19(26)16-11-15-13-22-17-5-4-6-18(29-16)25(15)17/h4-6,11,13-14H,7-10,12H2,1-3H3,(H,23,26). The fourth-order valence-electron chi connectivity index (χ4n) is 3.57. The molecule has 2 aliphatic heterocycles. The van der Waals surface area contributed by atoms with Crippen LogP contribution in [0.3, 0.4) is 0 Å². The summed E-state index contributed by atoms with van der Waals surface area (Å²) in [6.07, 6.45) is 5.14. The molecule has 0 bridgehead atoms. The lowest BCUT2D eigenvalue weighted by Gasteiger charge is -2.33. The minimum absolute atomic E-state index is 0.0611. The Morgan fingerprint density at radius 3 is 2.76 bits per heavy atom. The quantitative estimate of drug-likeness (QED) is 0.831. The summed E-state index contributed by atoms with van der Waals surface area (Å²) in [7, 11) is 0. The maximum atomic E-state index is 12.7. The monoisotopic (exact) mass is 414 g/mol. The van der Waals surface area contributed by atoms with Crippen molar-refractivity contribution in [3.8, 4) is 0 Å². The SMILES string of the molecule is CC(C)(C)OC(=O)N1CCC(CNC(=O)C2=Cc3cnc4cccc(n34)S2)CC1. The Kier molecular flexibility index (Phi) is 5.29. The first kappa shape index (κ1) is 19.8. The van der Waals surface area contributed by atoms with E-state index < -0.39 is 5.60 Å². The summed E-state index contributed by atoms with van der Waals surface area (Å²) in [5, 5.41) is 4.06. The number of carbonyl (C=O) groups excluding carboxylic acids is 2. The highest BCUT2D eigenvalue weighted by molar-refractivity contribution is 8.04. The summed E-state index contributed by atoms with van der Waals surface area (Å²) in [5.74, 6) is 0.301. The normalized spacial score (nSPS) is 17.2. The number of nitrogens with zero attached hydrogens (tertiary/aromatic N) is 3. The highest BCUT2D eigenvalue weighted by Gasteiger charge is 2.27. The van der Waals surface area contributed by atoms with E-state index in [1.165, 1.54) is 11.8 Å². The maximum absolute atomic E-state index is 12.7. The Bertz CT molecular complexity index is 968. The van der Waals surface area contributed by atoms with Gasteiger partial charge >= 0.3 is 6.09 Å². The van der Waals surface area contributed by atoms with E-state index in [0.717, 1.165) is 29.2 Å². The first-order chi connectivity index (χ1) is 13.8. The van der Waals surface area contributed by atoms with Gasteiger partial charge in [0.15, 0.2) is 0 Å². The Hall–Kier alpha value is -2.48. The molecule has 0 unspecified atom stereocenters. The van der Waals surface area contributed by atoms with Crippen LogP contribution >= 0.6 is 11.8 Å². The predicted octanol–water partition coefficient (Wildman–Crippen LogP) is 3.54. The van der Waals surface area contributed by atoms with Gasteiger partial charge in [-0.05, 0) is 57.7 Å². The fourth-order valence-corrected chi connectivity index (χ4v) is 4.58. The molecule has 4 rings (SSSR count). The van der Waals surface area contributed by atoms with Crippen LogP contribution in [0.2, 0.25) is 0 Å². The predicted molar refractivity (Wildman–Crippen MR) is 113 cm³/mol. The summed E-state index contributed by atoms with van der Waals surface area (Å²) in [4.78, 5) is 31.7. The van der Waals surface area contributed by atoms with Gasteiger partial charge < -0.3 is 15.0 Å². The number of piperidine rings is 1. The molecule has 0 radical (unpaired) electrons. The third-order valence-electron chi connectivity index (χ3n) is 5.06. The number of amides is 2. The second-order valence-corrected chi connectivity index (χ2v) is 9.53. The van der Waals surface area contributed by atoms with E-state index in [4.69, 9.17) is 4.74 Å². The van der Waals surface area contributed by atoms with Crippen LogP contribution < -0.4 is 5.32 Å². The largest absolute Gasteiger partial charge is 0.444 e. The Labute approximate surface area is 174 Å². The van der Waals surface area contributed by atoms with Crippen LogP contribution in [0.25, 0.3) is 11.7 Å². The average molecular weight is 415 g/mol. The van der Waals surface area contributed by atoms with Gasteiger partial charge in [-0.1, -0.05) is 17.8 Å². The highest BCUT2D eigenvalue weighted by Crippen LogP contribution is 2.34. The summed E-state index contributed by atoms with van der Waals surface area (Å²) < 4.78 is 7.49. The number of likely N-dealkylation sites (tertiary alicyclic amines) is 1. The first-order valence-electron chi connectivity index (χ1n) is 9.92. The molecule has 2 aromatic heterocycles. The smallest absolute Gasteiger partial charge is 0.410 e. The van der Waals surface area contributed by atoms with Crippen LogP contribution in [0.15, 0.2) is 34.3 Å². The molecular formula is C21H26N4O3S.